The summed E-state index contributed by atoms with van der Waals surface area (Å²) >= 11 is 1.98. The highest BCUT2D eigenvalue weighted by Crippen LogP contribution is 2.51. The third kappa shape index (κ3) is 2.44. The Morgan fingerprint density at radius 2 is 1.94 bits per heavy atom. The van der Waals surface area contributed by atoms with Gasteiger partial charge in [-0.2, -0.15) is 0 Å². The van der Waals surface area contributed by atoms with Crippen molar-refractivity contribution in [2.24, 2.45) is 11.7 Å². The average molecular weight is 235 g/mol. The second-order valence-corrected chi connectivity index (χ2v) is 6.53. The van der Waals surface area contributed by atoms with Crippen molar-refractivity contribution in [3.8, 4) is 0 Å². The van der Waals surface area contributed by atoms with Crippen LogP contribution in [0.15, 0.2) is 29.2 Å². The SMILES string of the molecule is CCC1CC(CN)(Sc2ccc(C)cc2)C1. The molecule has 0 spiro atoms. The van der Waals surface area contributed by atoms with E-state index in [-0.39, 0.29) is 0 Å². The molecule has 16 heavy (non-hydrogen) atoms. The minimum absolute atomic E-state index is 0.329. The van der Waals surface area contributed by atoms with Gasteiger partial charge < -0.3 is 5.73 Å². The molecule has 0 bridgehead atoms. The van der Waals surface area contributed by atoms with E-state index in [4.69, 9.17) is 5.73 Å². The number of hydrogen-bond acceptors (Lipinski definition) is 2. The first-order valence-corrected chi connectivity index (χ1v) is 6.95. The molecule has 1 aromatic rings. The molecule has 88 valence electrons. The molecule has 1 aromatic carbocycles. The predicted octanol–water partition coefficient (Wildman–Crippen LogP) is 3.60. The Hall–Kier alpha value is -0.470. The maximum atomic E-state index is 5.94. The second-order valence-electron chi connectivity index (χ2n) is 4.98. The third-order valence-corrected chi connectivity index (χ3v) is 5.07. The zero-order chi connectivity index (χ0) is 11.6. The molecule has 1 nitrogen and oxygen atoms in total. The van der Waals surface area contributed by atoms with Gasteiger partial charge in [-0.05, 0) is 37.8 Å². The monoisotopic (exact) mass is 235 g/mol. The fourth-order valence-corrected chi connectivity index (χ4v) is 3.92. The van der Waals surface area contributed by atoms with Crippen LogP contribution < -0.4 is 5.73 Å². The minimum Gasteiger partial charge on any atom is -0.329 e. The molecular formula is C14H21NS. The van der Waals surface area contributed by atoms with E-state index in [1.54, 1.807) is 0 Å². The standard InChI is InChI=1S/C14H21NS/c1-3-12-8-14(9-12,10-15)16-13-6-4-11(2)5-7-13/h4-7,12H,3,8-10,15H2,1-2H3. The van der Waals surface area contributed by atoms with Crippen molar-refractivity contribution in [1.82, 2.24) is 0 Å². The van der Waals surface area contributed by atoms with Crippen molar-refractivity contribution in [1.29, 1.82) is 0 Å². The van der Waals surface area contributed by atoms with Crippen LogP contribution in [0, 0.1) is 12.8 Å². The molecule has 1 aliphatic rings. The van der Waals surface area contributed by atoms with E-state index in [1.165, 1.54) is 29.7 Å². The second kappa shape index (κ2) is 4.80. The van der Waals surface area contributed by atoms with E-state index in [0.717, 1.165) is 12.5 Å². The normalized spacial score (nSPS) is 28.8. The zero-order valence-corrected chi connectivity index (χ0v) is 11.0. The summed E-state index contributed by atoms with van der Waals surface area (Å²) in [7, 11) is 0. The van der Waals surface area contributed by atoms with E-state index in [2.05, 4.69) is 38.1 Å². The maximum Gasteiger partial charge on any atom is 0.0334 e. The minimum atomic E-state index is 0.329. The van der Waals surface area contributed by atoms with E-state index in [9.17, 15) is 0 Å². The summed E-state index contributed by atoms with van der Waals surface area (Å²) in [5.74, 6) is 0.904. The highest BCUT2D eigenvalue weighted by Gasteiger charge is 2.42. The van der Waals surface area contributed by atoms with Crippen molar-refractivity contribution in [3.05, 3.63) is 29.8 Å². The van der Waals surface area contributed by atoms with Crippen LogP contribution in [0.25, 0.3) is 0 Å². The zero-order valence-electron chi connectivity index (χ0n) is 10.2. The molecule has 0 amide bonds. The smallest absolute Gasteiger partial charge is 0.0334 e. The Labute approximate surface area is 103 Å². The molecule has 0 aliphatic heterocycles. The molecule has 0 saturated heterocycles. The Morgan fingerprint density at radius 1 is 1.31 bits per heavy atom. The van der Waals surface area contributed by atoms with Crippen LogP contribution in [0.5, 0.6) is 0 Å². The van der Waals surface area contributed by atoms with Gasteiger partial charge in [0.2, 0.25) is 0 Å². The van der Waals surface area contributed by atoms with Crippen molar-refractivity contribution < 1.29 is 0 Å². The van der Waals surface area contributed by atoms with Gasteiger partial charge in [0.1, 0.15) is 0 Å². The van der Waals surface area contributed by atoms with Gasteiger partial charge in [0.25, 0.3) is 0 Å². The topological polar surface area (TPSA) is 26.0 Å². The van der Waals surface area contributed by atoms with Gasteiger partial charge in [-0.3, -0.25) is 0 Å². The summed E-state index contributed by atoms with van der Waals surface area (Å²) in [5.41, 5.74) is 7.27. The lowest BCUT2D eigenvalue weighted by Crippen LogP contribution is -2.46. The van der Waals surface area contributed by atoms with Crippen LogP contribution in [0.3, 0.4) is 0 Å². The van der Waals surface area contributed by atoms with Crippen LogP contribution in [0.4, 0.5) is 0 Å². The summed E-state index contributed by atoms with van der Waals surface area (Å²) in [6, 6.07) is 8.80. The van der Waals surface area contributed by atoms with Gasteiger partial charge in [-0.15, -0.1) is 11.8 Å². The molecule has 0 aromatic heterocycles. The van der Waals surface area contributed by atoms with Gasteiger partial charge >= 0.3 is 0 Å². The van der Waals surface area contributed by atoms with Crippen LogP contribution in [-0.4, -0.2) is 11.3 Å². The molecule has 1 aliphatic carbocycles. The summed E-state index contributed by atoms with van der Waals surface area (Å²) in [4.78, 5) is 1.37. The Morgan fingerprint density at radius 3 is 2.44 bits per heavy atom. The summed E-state index contributed by atoms with van der Waals surface area (Å²) in [6.45, 7) is 5.22. The largest absolute Gasteiger partial charge is 0.329 e. The van der Waals surface area contributed by atoms with E-state index in [1.807, 2.05) is 11.8 Å². The number of rotatable bonds is 4. The van der Waals surface area contributed by atoms with Crippen LogP contribution in [0.2, 0.25) is 0 Å². The highest BCUT2D eigenvalue weighted by atomic mass is 32.2. The lowest BCUT2D eigenvalue weighted by atomic mass is 9.73. The van der Waals surface area contributed by atoms with E-state index < -0.39 is 0 Å². The Balaban J connectivity index is 2.00. The average Bonchev–Trinajstić information content (AvgIpc) is 2.26. The number of benzene rings is 1. The molecule has 2 N–H and O–H groups in total. The van der Waals surface area contributed by atoms with Gasteiger partial charge in [0.15, 0.2) is 0 Å². The Kier molecular flexibility index (Phi) is 3.60. The van der Waals surface area contributed by atoms with Crippen LogP contribution in [0.1, 0.15) is 31.7 Å². The lowest BCUT2D eigenvalue weighted by molar-refractivity contribution is 0.229. The van der Waals surface area contributed by atoms with Crippen LogP contribution >= 0.6 is 11.8 Å². The molecular weight excluding hydrogens is 214 g/mol. The predicted molar refractivity (Wildman–Crippen MR) is 71.8 cm³/mol. The third-order valence-electron chi connectivity index (χ3n) is 3.63. The molecule has 0 unspecified atom stereocenters. The summed E-state index contributed by atoms with van der Waals surface area (Å²) < 4.78 is 0.329. The van der Waals surface area contributed by atoms with Crippen molar-refractivity contribution in [2.75, 3.05) is 6.54 Å². The first-order chi connectivity index (χ1) is 7.67. The number of thioether (sulfide) groups is 1. The number of nitrogens with two attached hydrogens (primary N) is 1. The quantitative estimate of drug-likeness (QED) is 0.863. The molecule has 1 fully saturated rings. The van der Waals surface area contributed by atoms with Crippen LogP contribution in [-0.2, 0) is 0 Å². The van der Waals surface area contributed by atoms with Gasteiger partial charge in [0, 0.05) is 16.2 Å². The molecule has 1 saturated carbocycles. The van der Waals surface area contributed by atoms with Crippen molar-refractivity contribution >= 4 is 11.8 Å². The van der Waals surface area contributed by atoms with Crippen molar-refractivity contribution in [3.63, 3.8) is 0 Å². The van der Waals surface area contributed by atoms with Gasteiger partial charge in [0.05, 0.1) is 0 Å². The molecule has 0 heterocycles. The van der Waals surface area contributed by atoms with Crippen molar-refractivity contribution in [2.45, 2.75) is 42.8 Å². The molecule has 2 rings (SSSR count). The number of aryl methyl sites for hydroxylation is 1. The first-order valence-electron chi connectivity index (χ1n) is 6.13. The lowest BCUT2D eigenvalue weighted by Gasteiger charge is -2.46. The summed E-state index contributed by atoms with van der Waals surface area (Å²) in [5, 5.41) is 0. The molecule has 0 radical (unpaired) electrons. The van der Waals surface area contributed by atoms with E-state index in [0.29, 0.717) is 4.75 Å². The van der Waals surface area contributed by atoms with E-state index >= 15 is 0 Å². The fraction of sp³-hybridized carbons (Fsp3) is 0.571. The molecule has 0 atom stereocenters. The van der Waals surface area contributed by atoms with Gasteiger partial charge in [-0.1, -0.05) is 31.0 Å². The fourth-order valence-electron chi connectivity index (χ4n) is 2.43. The first kappa shape index (κ1) is 12.0. The molecule has 2 heteroatoms. The Bertz CT molecular complexity index is 338. The maximum absolute atomic E-state index is 5.94. The highest BCUT2D eigenvalue weighted by molar-refractivity contribution is 8.00. The summed E-state index contributed by atoms with van der Waals surface area (Å²) in [6.07, 6.45) is 3.88. The number of hydrogen-bond donors (Lipinski definition) is 1. The van der Waals surface area contributed by atoms with Gasteiger partial charge in [-0.25, -0.2) is 0 Å².